The molecule has 0 rings (SSSR count). The number of rotatable bonds is 7. The third kappa shape index (κ3) is 5.74. The summed E-state index contributed by atoms with van der Waals surface area (Å²) in [5.41, 5.74) is 5.32. The zero-order valence-electron chi connectivity index (χ0n) is 10.2. The van der Waals surface area contributed by atoms with Gasteiger partial charge in [0.1, 0.15) is 5.25 Å². The van der Waals surface area contributed by atoms with Gasteiger partial charge < -0.3 is 10.6 Å². The van der Waals surface area contributed by atoms with Crippen LogP contribution in [-0.4, -0.2) is 50.2 Å². The average Bonchev–Trinajstić information content (AvgIpc) is 2.12. The summed E-state index contributed by atoms with van der Waals surface area (Å²) < 4.78 is 26.0. The Bertz CT molecular complexity index is 328. The lowest BCUT2D eigenvalue weighted by Crippen LogP contribution is -2.44. The van der Waals surface area contributed by atoms with Crippen molar-refractivity contribution in [3.8, 4) is 0 Å². The lowest BCUT2D eigenvalue weighted by atomic mass is 10.2. The standard InChI is InChI=1S/C9H21N3O2S2/c1-7(5-6-12(3)4)11-16(13,14)8(2)9(10)15/h7-8,11H,5-6H2,1-4H3,(H2,10,15). The molecular weight excluding hydrogens is 246 g/mol. The van der Waals surface area contributed by atoms with E-state index in [1.165, 1.54) is 6.92 Å². The maximum atomic E-state index is 11.7. The van der Waals surface area contributed by atoms with Crippen LogP contribution >= 0.6 is 12.2 Å². The van der Waals surface area contributed by atoms with Gasteiger partial charge in [-0.2, -0.15) is 0 Å². The van der Waals surface area contributed by atoms with E-state index < -0.39 is 15.3 Å². The molecule has 5 nitrogen and oxygen atoms in total. The van der Waals surface area contributed by atoms with Gasteiger partial charge in [0.25, 0.3) is 0 Å². The second-order valence-electron chi connectivity index (χ2n) is 4.20. The van der Waals surface area contributed by atoms with Crippen molar-refractivity contribution in [2.75, 3.05) is 20.6 Å². The predicted octanol–water partition coefficient (Wildman–Crippen LogP) is -0.0794. The molecule has 96 valence electrons. The molecule has 16 heavy (non-hydrogen) atoms. The minimum Gasteiger partial charge on any atom is -0.392 e. The number of sulfonamides is 1. The van der Waals surface area contributed by atoms with E-state index in [0.717, 1.165) is 13.0 Å². The molecule has 0 aliphatic rings. The van der Waals surface area contributed by atoms with Crippen molar-refractivity contribution >= 4 is 27.2 Å². The first-order chi connectivity index (χ1) is 7.16. The van der Waals surface area contributed by atoms with Crippen LogP contribution in [0.4, 0.5) is 0 Å². The Balaban J connectivity index is 4.32. The molecular formula is C9H21N3O2S2. The minimum atomic E-state index is -3.44. The van der Waals surface area contributed by atoms with Gasteiger partial charge in [0.15, 0.2) is 0 Å². The minimum absolute atomic E-state index is 0.00712. The third-order valence-corrected chi connectivity index (χ3v) is 4.66. The molecule has 0 aromatic carbocycles. The molecule has 7 heteroatoms. The van der Waals surface area contributed by atoms with Gasteiger partial charge in [0, 0.05) is 6.04 Å². The van der Waals surface area contributed by atoms with Gasteiger partial charge in [0.2, 0.25) is 10.0 Å². The molecule has 0 heterocycles. The van der Waals surface area contributed by atoms with E-state index in [1.54, 1.807) is 0 Å². The Hall–Kier alpha value is -0.240. The molecule has 0 saturated heterocycles. The van der Waals surface area contributed by atoms with Crippen LogP contribution in [0.25, 0.3) is 0 Å². The normalized spacial score (nSPS) is 16.1. The van der Waals surface area contributed by atoms with Crippen molar-refractivity contribution in [3.05, 3.63) is 0 Å². The van der Waals surface area contributed by atoms with Crippen LogP contribution in [0.5, 0.6) is 0 Å². The summed E-state index contributed by atoms with van der Waals surface area (Å²) >= 11 is 4.68. The fourth-order valence-electron chi connectivity index (χ4n) is 1.05. The summed E-state index contributed by atoms with van der Waals surface area (Å²) in [5.74, 6) is 0. The van der Waals surface area contributed by atoms with Crippen LogP contribution < -0.4 is 10.5 Å². The molecule has 0 aromatic rings. The number of hydrogen-bond donors (Lipinski definition) is 2. The van der Waals surface area contributed by atoms with Gasteiger partial charge in [-0.15, -0.1) is 0 Å². The van der Waals surface area contributed by atoms with Crippen molar-refractivity contribution < 1.29 is 8.42 Å². The zero-order valence-corrected chi connectivity index (χ0v) is 11.9. The zero-order chi connectivity index (χ0) is 12.9. The molecule has 0 spiro atoms. The number of thiocarbonyl (C=S) groups is 1. The van der Waals surface area contributed by atoms with Crippen LogP contribution in [0.3, 0.4) is 0 Å². The van der Waals surface area contributed by atoms with Gasteiger partial charge in [-0.3, -0.25) is 0 Å². The van der Waals surface area contributed by atoms with Crippen molar-refractivity contribution in [2.45, 2.75) is 31.6 Å². The second kappa shape index (κ2) is 6.48. The summed E-state index contributed by atoms with van der Waals surface area (Å²) in [5, 5.41) is -0.829. The van der Waals surface area contributed by atoms with Crippen LogP contribution in [0, 0.1) is 0 Å². The van der Waals surface area contributed by atoms with E-state index in [0.29, 0.717) is 0 Å². The van der Waals surface area contributed by atoms with Crippen molar-refractivity contribution in [1.29, 1.82) is 0 Å². The summed E-state index contributed by atoms with van der Waals surface area (Å²) in [6, 6.07) is -0.121. The van der Waals surface area contributed by atoms with Gasteiger partial charge in [-0.05, 0) is 40.9 Å². The van der Waals surface area contributed by atoms with Crippen LogP contribution in [0.15, 0.2) is 0 Å². The first-order valence-electron chi connectivity index (χ1n) is 5.12. The highest BCUT2D eigenvalue weighted by Gasteiger charge is 2.24. The Morgan fingerprint density at radius 3 is 2.31 bits per heavy atom. The predicted molar refractivity (Wildman–Crippen MR) is 70.9 cm³/mol. The van der Waals surface area contributed by atoms with Crippen LogP contribution in [-0.2, 0) is 10.0 Å². The third-order valence-electron chi connectivity index (χ3n) is 2.24. The van der Waals surface area contributed by atoms with Crippen molar-refractivity contribution in [1.82, 2.24) is 9.62 Å². The second-order valence-corrected chi connectivity index (χ2v) is 6.70. The number of nitrogens with two attached hydrogens (primary N) is 1. The summed E-state index contributed by atoms with van der Waals surface area (Å²) in [4.78, 5) is 1.99. The van der Waals surface area contributed by atoms with Gasteiger partial charge in [0.05, 0.1) is 4.99 Å². The number of nitrogens with one attached hydrogen (secondary N) is 1. The first-order valence-corrected chi connectivity index (χ1v) is 7.07. The van der Waals surface area contributed by atoms with Crippen molar-refractivity contribution in [3.63, 3.8) is 0 Å². The highest BCUT2D eigenvalue weighted by atomic mass is 32.2. The fraction of sp³-hybridized carbons (Fsp3) is 0.889. The smallest absolute Gasteiger partial charge is 0.220 e. The fourth-order valence-corrected chi connectivity index (χ4v) is 2.61. The molecule has 0 aromatic heterocycles. The highest BCUT2D eigenvalue weighted by molar-refractivity contribution is 7.93. The number of hydrogen-bond acceptors (Lipinski definition) is 4. The van der Waals surface area contributed by atoms with Gasteiger partial charge in [-0.25, -0.2) is 13.1 Å². The molecule has 0 aliphatic carbocycles. The van der Waals surface area contributed by atoms with E-state index in [-0.39, 0.29) is 11.0 Å². The van der Waals surface area contributed by atoms with E-state index in [1.807, 2.05) is 25.9 Å². The highest BCUT2D eigenvalue weighted by Crippen LogP contribution is 2.02. The van der Waals surface area contributed by atoms with Gasteiger partial charge in [-0.1, -0.05) is 12.2 Å². The molecule has 2 atom stereocenters. The maximum Gasteiger partial charge on any atom is 0.220 e. The summed E-state index contributed by atoms with van der Waals surface area (Å²) in [6.45, 7) is 4.14. The number of nitrogens with zero attached hydrogens (tertiary/aromatic N) is 1. The van der Waals surface area contributed by atoms with E-state index in [9.17, 15) is 8.42 Å². The maximum absolute atomic E-state index is 11.7. The molecule has 2 unspecified atom stereocenters. The lowest BCUT2D eigenvalue weighted by Gasteiger charge is -2.19. The monoisotopic (exact) mass is 267 g/mol. The van der Waals surface area contributed by atoms with E-state index in [2.05, 4.69) is 16.9 Å². The molecule has 0 radical (unpaired) electrons. The van der Waals surface area contributed by atoms with E-state index >= 15 is 0 Å². The molecule has 0 saturated carbocycles. The lowest BCUT2D eigenvalue weighted by molar-refractivity contribution is 0.379. The van der Waals surface area contributed by atoms with Crippen molar-refractivity contribution in [2.24, 2.45) is 5.73 Å². The van der Waals surface area contributed by atoms with Gasteiger partial charge >= 0.3 is 0 Å². The molecule has 3 N–H and O–H groups in total. The average molecular weight is 267 g/mol. The molecule has 0 aliphatic heterocycles. The topological polar surface area (TPSA) is 75.4 Å². The summed E-state index contributed by atoms with van der Waals surface area (Å²) in [7, 11) is 0.445. The summed E-state index contributed by atoms with van der Waals surface area (Å²) in [6.07, 6.45) is 0.746. The SMILES string of the molecule is CC(CCN(C)C)NS(=O)(=O)C(C)C(N)=S. The molecule has 0 amide bonds. The molecule has 0 fully saturated rings. The Morgan fingerprint density at radius 1 is 1.44 bits per heavy atom. The van der Waals surface area contributed by atoms with Crippen LogP contribution in [0.1, 0.15) is 20.3 Å². The Labute approximate surface area is 103 Å². The van der Waals surface area contributed by atoms with Crippen LogP contribution in [0.2, 0.25) is 0 Å². The Kier molecular flexibility index (Phi) is 6.39. The first kappa shape index (κ1) is 15.8. The largest absolute Gasteiger partial charge is 0.392 e. The Morgan fingerprint density at radius 2 is 1.94 bits per heavy atom. The molecule has 0 bridgehead atoms. The quantitative estimate of drug-likeness (QED) is 0.631. The van der Waals surface area contributed by atoms with E-state index in [4.69, 9.17) is 5.73 Å².